The Balaban J connectivity index is 1.74. The number of azo groups is 1. The molecule has 12 heteroatoms. The third kappa shape index (κ3) is 3.58. The number of aryl methyl sites for hydroxylation is 1. The molecule has 0 saturated carbocycles. The fraction of sp³-hybridized carbons (Fsp3) is 0.227. The van der Waals surface area contributed by atoms with Gasteiger partial charge in [0, 0.05) is 24.0 Å². The highest BCUT2D eigenvalue weighted by atomic mass is 15.5. The standard InChI is InChI=1S/C22H20N12/c1-13-27-19-17(18(22(2,3)4)32-34(19)30-13)28-29-20-16(23-5)15(14-9-6-7-10-24-14)31-33(20)21-25-11-8-12-26-21/h6-12,32H,1-4H3. The van der Waals surface area contributed by atoms with E-state index in [9.17, 15) is 0 Å². The number of hydrogen-bond donors (Lipinski definition) is 1. The number of hydrogen-bond acceptors (Lipinski definition) is 8. The Hall–Kier alpha value is -4.79. The maximum Gasteiger partial charge on any atom is 0.261 e. The van der Waals surface area contributed by atoms with E-state index in [4.69, 9.17) is 6.57 Å². The van der Waals surface area contributed by atoms with Gasteiger partial charge in [-0.25, -0.2) is 19.8 Å². The van der Waals surface area contributed by atoms with Gasteiger partial charge in [0.25, 0.3) is 11.6 Å². The molecule has 0 amide bonds. The zero-order valence-corrected chi connectivity index (χ0v) is 19.0. The minimum absolute atomic E-state index is 0.191. The lowest BCUT2D eigenvalue weighted by atomic mass is 9.91. The van der Waals surface area contributed by atoms with Crippen LogP contribution in [-0.2, 0) is 5.41 Å². The summed E-state index contributed by atoms with van der Waals surface area (Å²) in [5.41, 5.74) is 2.69. The third-order valence-corrected chi connectivity index (χ3v) is 4.97. The van der Waals surface area contributed by atoms with Gasteiger partial charge in [-0.1, -0.05) is 26.8 Å². The number of aromatic nitrogens is 9. The molecule has 0 spiro atoms. The van der Waals surface area contributed by atoms with Crippen molar-refractivity contribution in [3.8, 4) is 17.3 Å². The first-order chi connectivity index (χ1) is 16.4. The number of rotatable bonds is 4. The van der Waals surface area contributed by atoms with Crippen LogP contribution in [0.25, 0.3) is 27.8 Å². The quantitative estimate of drug-likeness (QED) is 0.311. The van der Waals surface area contributed by atoms with Crippen LogP contribution in [0.5, 0.6) is 0 Å². The molecule has 0 aliphatic heterocycles. The Kier molecular flexibility index (Phi) is 4.94. The van der Waals surface area contributed by atoms with Gasteiger partial charge >= 0.3 is 0 Å². The largest absolute Gasteiger partial charge is 0.277 e. The van der Waals surface area contributed by atoms with Crippen molar-refractivity contribution in [2.45, 2.75) is 33.1 Å². The molecule has 0 aliphatic rings. The monoisotopic (exact) mass is 452 g/mol. The normalized spacial score (nSPS) is 12.0. The van der Waals surface area contributed by atoms with Crippen LogP contribution in [0.4, 0.5) is 17.2 Å². The number of nitrogens with one attached hydrogen (secondary N) is 1. The van der Waals surface area contributed by atoms with Gasteiger partial charge in [0.05, 0.1) is 18.0 Å². The second-order valence-electron chi connectivity index (χ2n) is 8.49. The van der Waals surface area contributed by atoms with Crippen LogP contribution in [0, 0.1) is 13.5 Å². The molecule has 5 aromatic heterocycles. The van der Waals surface area contributed by atoms with E-state index >= 15 is 0 Å². The smallest absolute Gasteiger partial charge is 0.261 e. The molecule has 5 heterocycles. The van der Waals surface area contributed by atoms with Crippen LogP contribution in [0.15, 0.2) is 53.1 Å². The molecule has 0 aliphatic carbocycles. The summed E-state index contributed by atoms with van der Waals surface area (Å²) in [5, 5.41) is 21.2. The third-order valence-electron chi connectivity index (χ3n) is 4.97. The van der Waals surface area contributed by atoms with E-state index in [1.807, 2.05) is 6.07 Å². The van der Waals surface area contributed by atoms with E-state index < -0.39 is 0 Å². The van der Waals surface area contributed by atoms with Gasteiger partial charge in [-0.2, -0.15) is 14.4 Å². The highest BCUT2D eigenvalue weighted by Gasteiger charge is 2.27. The van der Waals surface area contributed by atoms with Crippen LogP contribution >= 0.6 is 0 Å². The first-order valence-corrected chi connectivity index (χ1v) is 10.4. The van der Waals surface area contributed by atoms with Crippen molar-refractivity contribution in [1.29, 1.82) is 0 Å². The lowest BCUT2D eigenvalue weighted by molar-refractivity contribution is 0.557. The van der Waals surface area contributed by atoms with E-state index in [0.29, 0.717) is 28.5 Å². The lowest BCUT2D eigenvalue weighted by Gasteiger charge is -2.16. The average molecular weight is 452 g/mol. The SMILES string of the molecule is [C-]#[N+]c1c(-c2ccccn2)nn(-c2ncccn2)c1N=Nc1c(C(C)(C)C)[nH]n2nc(C)nc12. The number of aromatic amines is 1. The van der Waals surface area contributed by atoms with Gasteiger partial charge in [-0.15, -0.1) is 15.3 Å². The molecular formula is C22H20N12. The number of pyridine rings is 1. The predicted molar refractivity (Wildman–Crippen MR) is 124 cm³/mol. The average Bonchev–Trinajstić information content (AvgIpc) is 3.48. The van der Waals surface area contributed by atoms with Crippen LogP contribution < -0.4 is 0 Å². The van der Waals surface area contributed by atoms with Crippen LogP contribution in [0.2, 0.25) is 0 Å². The molecule has 34 heavy (non-hydrogen) atoms. The molecule has 5 rings (SSSR count). The zero-order valence-electron chi connectivity index (χ0n) is 19.0. The second kappa shape index (κ2) is 7.96. The van der Waals surface area contributed by atoms with Crippen LogP contribution in [-0.4, -0.2) is 44.5 Å². The van der Waals surface area contributed by atoms with Crippen molar-refractivity contribution in [3.63, 3.8) is 0 Å². The summed E-state index contributed by atoms with van der Waals surface area (Å²) in [6, 6.07) is 7.10. The minimum atomic E-state index is -0.283. The molecular weight excluding hydrogens is 432 g/mol. The van der Waals surface area contributed by atoms with Gasteiger partial charge in [0.2, 0.25) is 5.65 Å². The Morgan fingerprint density at radius 3 is 2.44 bits per heavy atom. The molecule has 0 unspecified atom stereocenters. The summed E-state index contributed by atoms with van der Waals surface area (Å²) in [5.74, 6) is 1.06. The number of H-pyrrole nitrogens is 1. The van der Waals surface area contributed by atoms with Crippen LogP contribution in [0.1, 0.15) is 32.3 Å². The van der Waals surface area contributed by atoms with Crippen molar-refractivity contribution >= 4 is 22.8 Å². The van der Waals surface area contributed by atoms with E-state index in [2.05, 4.69) is 71.1 Å². The molecule has 0 bridgehead atoms. The first-order valence-electron chi connectivity index (χ1n) is 10.4. The molecule has 168 valence electrons. The second-order valence-corrected chi connectivity index (χ2v) is 8.49. The van der Waals surface area contributed by atoms with Crippen molar-refractivity contribution < 1.29 is 0 Å². The summed E-state index contributed by atoms with van der Waals surface area (Å²) in [7, 11) is 0. The summed E-state index contributed by atoms with van der Waals surface area (Å²) in [6.07, 6.45) is 4.83. The fourth-order valence-electron chi connectivity index (χ4n) is 3.44. The van der Waals surface area contributed by atoms with Gasteiger partial charge in [0.1, 0.15) is 11.5 Å². The fourth-order valence-corrected chi connectivity index (χ4v) is 3.44. The Bertz CT molecular complexity index is 1540. The highest BCUT2D eigenvalue weighted by molar-refractivity contribution is 5.82. The van der Waals surface area contributed by atoms with Gasteiger partial charge in [-0.05, 0) is 25.1 Å². The summed E-state index contributed by atoms with van der Waals surface area (Å²) in [4.78, 5) is 21.1. The van der Waals surface area contributed by atoms with E-state index in [0.717, 1.165) is 5.69 Å². The maximum atomic E-state index is 7.85. The minimum Gasteiger partial charge on any atom is -0.277 e. The van der Waals surface area contributed by atoms with Crippen molar-refractivity contribution in [2.24, 2.45) is 10.2 Å². The van der Waals surface area contributed by atoms with E-state index in [1.165, 1.54) is 4.68 Å². The summed E-state index contributed by atoms with van der Waals surface area (Å²) in [6.45, 7) is 15.8. The zero-order chi connectivity index (χ0) is 23.9. The van der Waals surface area contributed by atoms with Crippen molar-refractivity contribution in [2.75, 3.05) is 0 Å². The Morgan fingerprint density at radius 2 is 1.76 bits per heavy atom. The molecule has 0 saturated heterocycles. The Morgan fingerprint density at radius 1 is 1.00 bits per heavy atom. The molecule has 0 aromatic carbocycles. The first kappa shape index (κ1) is 21.1. The molecule has 5 aromatic rings. The Labute approximate surface area is 194 Å². The van der Waals surface area contributed by atoms with Crippen LogP contribution in [0.3, 0.4) is 0 Å². The molecule has 12 nitrogen and oxygen atoms in total. The van der Waals surface area contributed by atoms with Crippen molar-refractivity contribution in [3.05, 3.63) is 65.8 Å². The maximum absolute atomic E-state index is 7.85. The number of fused-ring (bicyclic) bond motifs is 1. The molecule has 0 atom stereocenters. The predicted octanol–water partition coefficient (Wildman–Crippen LogP) is 4.67. The lowest BCUT2D eigenvalue weighted by Crippen LogP contribution is -2.12. The summed E-state index contributed by atoms with van der Waals surface area (Å²) < 4.78 is 2.98. The van der Waals surface area contributed by atoms with E-state index in [1.54, 1.807) is 48.3 Å². The molecule has 1 N–H and O–H groups in total. The van der Waals surface area contributed by atoms with Crippen molar-refractivity contribution in [1.82, 2.24) is 44.5 Å². The van der Waals surface area contributed by atoms with Gasteiger partial charge in [0.15, 0.2) is 11.5 Å². The van der Waals surface area contributed by atoms with E-state index in [-0.39, 0.29) is 22.9 Å². The van der Waals surface area contributed by atoms with Gasteiger partial charge < -0.3 is 0 Å². The number of nitrogens with zero attached hydrogens (tertiary/aromatic N) is 11. The topological polar surface area (TPSA) is 132 Å². The summed E-state index contributed by atoms with van der Waals surface area (Å²) >= 11 is 0. The molecule has 0 fully saturated rings. The molecule has 0 radical (unpaired) electrons. The van der Waals surface area contributed by atoms with Gasteiger partial charge in [-0.3, -0.25) is 10.1 Å². The highest BCUT2D eigenvalue weighted by Crippen LogP contribution is 2.41.